The van der Waals surface area contributed by atoms with E-state index in [4.69, 9.17) is 4.42 Å². The third-order valence-electron chi connectivity index (χ3n) is 3.80. The molecule has 0 aliphatic heterocycles. The van der Waals surface area contributed by atoms with Crippen molar-refractivity contribution < 1.29 is 18.0 Å². The molecule has 5 nitrogen and oxygen atoms in total. The number of aromatic nitrogens is 2. The highest BCUT2D eigenvalue weighted by Crippen LogP contribution is 2.27. The minimum atomic E-state index is -0.726. The molecule has 0 atom stereocenters. The summed E-state index contributed by atoms with van der Waals surface area (Å²) in [6.07, 6.45) is 2.41. The topological polar surface area (TPSA) is 68.0 Å². The van der Waals surface area contributed by atoms with Gasteiger partial charge in [0.05, 0.1) is 17.5 Å². The van der Waals surface area contributed by atoms with E-state index in [1.54, 1.807) is 0 Å². The molecular formula is C18H17F2N3O2S. The first-order valence-corrected chi connectivity index (χ1v) is 8.94. The minimum Gasteiger partial charge on any atom is -0.441 e. The van der Waals surface area contributed by atoms with Crippen molar-refractivity contribution in [2.75, 3.05) is 5.32 Å². The third-order valence-corrected chi connectivity index (χ3v) is 4.73. The second kappa shape index (κ2) is 7.74. The quantitative estimate of drug-likeness (QED) is 0.686. The Morgan fingerprint density at radius 2 is 2.04 bits per heavy atom. The van der Waals surface area contributed by atoms with Gasteiger partial charge < -0.3 is 9.73 Å². The second-order valence-corrected chi connectivity index (χ2v) is 6.84. The van der Waals surface area contributed by atoms with E-state index < -0.39 is 11.6 Å². The number of oxazole rings is 1. The molecule has 0 unspecified atom stereocenters. The standard InChI is InChI=1S/C18H17F2N3O2S/c1-3-13-10(2)26-18(22-13)23-15(24)7-8-16-21-9-14(25-16)17-11(19)5-4-6-12(17)20/h4-6,9H,3,7-8H2,1-2H3,(H,22,23,24). The molecule has 2 aromatic heterocycles. The van der Waals surface area contributed by atoms with Crippen molar-refractivity contribution in [3.63, 3.8) is 0 Å². The van der Waals surface area contributed by atoms with Gasteiger partial charge in [-0.2, -0.15) is 0 Å². The molecule has 0 aliphatic rings. The van der Waals surface area contributed by atoms with Gasteiger partial charge in [0.2, 0.25) is 5.91 Å². The van der Waals surface area contributed by atoms with Crippen molar-refractivity contribution in [1.29, 1.82) is 0 Å². The number of nitrogens with zero attached hydrogens (tertiary/aromatic N) is 2. The van der Waals surface area contributed by atoms with Gasteiger partial charge in [0.25, 0.3) is 0 Å². The van der Waals surface area contributed by atoms with Crippen LogP contribution in [0, 0.1) is 18.6 Å². The largest absolute Gasteiger partial charge is 0.441 e. The normalized spacial score (nSPS) is 10.9. The number of aryl methyl sites for hydroxylation is 3. The van der Waals surface area contributed by atoms with Gasteiger partial charge >= 0.3 is 0 Å². The molecule has 136 valence electrons. The molecule has 0 saturated carbocycles. The predicted molar refractivity (Wildman–Crippen MR) is 95.0 cm³/mol. The molecule has 0 spiro atoms. The molecule has 0 bridgehead atoms. The maximum absolute atomic E-state index is 13.8. The highest BCUT2D eigenvalue weighted by molar-refractivity contribution is 7.15. The zero-order valence-electron chi connectivity index (χ0n) is 14.3. The molecule has 1 aromatic carbocycles. The Labute approximate surface area is 153 Å². The van der Waals surface area contributed by atoms with Crippen LogP contribution in [0.15, 0.2) is 28.8 Å². The van der Waals surface area contributed by atoms with Crippen LogP contribution < -0.4 is 5.32 Å². The van der Waals surface area contributed by atoms with Crippen LogP contribution in [-0.4, -0.2) is 15.9 Å². The number of nitrogens with one attached hydrogen (secondary N) is 1. The number of benzene rings is 1. The van der Waals surface area contributed by atoms with Crippen molar-refractivity contribution in [1.82, 2.24) is 9.97 Å². The van der Waals surface area contributed by atoms with Gasteiger partial charge in [-0.1, -0.05) is 13.0 Å². The van der Waals surface area contributed by atoms with E-state index in [-0.39, 0.29) is 36.0 Å². The van der Waals surface area contributed by atoms with Crippen LogP contribution in [0.1, 0.15) is 29.8 Å². The summed E-state index contributed by atoms with van der Waals surface area (Å²) in [7, 11) is 0. The number of thiazole rings is 1. The van der Waals surface area contributed by atoms with E-state index >= 15 is 0 Å². The van der Waals surface area contributed by atoms with Gasteiger partial charge in [-0.15, -0.1) is 11.3 Å². The summed E-state index contributed by atoms with van der Waals surface area (Å²) < 4.78 is 32.9. The van der Waals surface area contributed by atoms with Crippen molar-refractivity contribution >= 4 is 22.4 Å². The van der Waals surface area contributed by atoms with Crippen LogP contribution in [0.3, 0.4) is 0 Å². The molecule has 3 rings (SSSR count). The Hall–Kier alpha value is -2.61. The third kappa shape index (κ3) is 3.96. The molecule has 8 heteroatoms. The van der Waals surface area contributed by atoms with Crippen LogP contribution in [0.2, 0.25) is 0 Å². The lowest BCUT2D eigenvalue weighted by molar-refractivity contribution is -0.116. The first kappa shape index (κ1) is 18.2. The first-order chi connectivity index (χ1) is 12.5. The minimum absolute atomic E-state index is 0.000793. The van der Waals surface area contributed by atoms with E-state index in [1.807, 2.05) is 13.8 Å². The molecule has 1 amide bonds. The summed E-state index contributed by atoms with van der Waals surface area (Å²) in [6, 6.07) is 3.57. The fourth-order valence-corrected chi connectivity index (χ4v) is 3.40. The molecular weight excluding hydrogens is 360 g/mol. The molecule has 0 radical (unpaired) electrons. The number of amides is 1. The average molecular weight is 377 g/mol. The predicted octanol–water partition coefficient (Wildman–Crippen LogP) is 4.52. The molecule has 0 saturated heterocycles. The van der Waals surface area contributed by atoms with Crippen molar-refractivity contribution in [2.45, 2.75) is 33.1 Å². The number of carbonyl (C=O) groups excluding carboxylic acids is 1. The SMILES string of the molecule is CCc1nc(NC(=O)CCc2ncc(-c3c(F)cccc3F)o2)sc1C. The summed E-state index contributed by atoms with van der Waals surface area (Å²) in [5.41, 5.74) is 0.704. The van der Waals surface area contributed by atoms with E-state index in [9.17, 15) is 13.6 Å². The molecule has 0 aliphatic carbocycles. The van der Waals surface area contributed by atoms with Gasteiger partial charge in [0.15, 0.2) is 16.8 Å². The smallest absolute Gasteiger partial charge is 0.226 e. The summed E-state index contributed by atoms with van der Waals surface area (Å²) in [5.74, 6) is -1.44. The lowest BCUT2D eigenvalue weighted by Gasteiger charge is -2.01. The summed E-state index contributed by atoms with van der Waals surface area (Å²) in [5, 5.41) is 3.30. The Morgan fingerprint density at radius 3 is 2.69 bits per heavy atom. The van der Waals surface area contributed by atoms with Gasteiger partial charge in [-0.25, -0.2) is 18.7 Å². The lowest BCUT2D eigenvalue weighted by atomic mass is 10.1. The summed E-state index contributed by atoms with van der Waals surface area (Å²) in [4.78, 5) is 21.5. The monoisotopic (exact) mass is 377 g/mol. The number of carbonyl (C=O) groups is 1. The van der Waals surface area contributed by atoms with Gasteiger partial charge in [-0.3, -0.25) is 4.79 Å². The van der Waals surface area contributed by atoms with Gasteiger partial charge in [0, 0.05) is 17.7 Å². The van der Waals surface area contributed by atoms with Crippen molar-refractivity contribution in [3.05, 3.63) is 52.5 Å². The number of anilines is 1. The van der Waals surface area contributed by atoms with Crippen molar-refractivity contribution in [3.8, 4) is 11.3 Å². The van der Waals surface area contributed by atoms with Gasteiger partial charge in [-0.05, 0) is 25.5 Å². The van der Waals surface area contributed by atoms with Gasteiger partial charge in [0.1, 0.15) is 11.6 Å². The summed E-state index contributed by atoms with van der Waals surface area (Å²) in [6.45, 7) is 3.97. The first-order valence-electron chi connectivity index (χ1n) is 8.13. The van der Waals surface area contributed by atoms with E-state index in [2.05, 4.69) is 15.3 Å². The second-order valence-electron chi connectivity index (χ2n) is 5.64. The van der Waals surface area contributed by atoms with E-state index in [0.717, 1.165) is 29.1 Å². The number of hydrogen-bond donors (Lipinski definition) is 1. The molecule has 3 aromatic rings. The number of halogens is 2. The number of hydrogen-bond acceptors (Lipinski definition) is 5. The molecule has 26 heavy (non-hydrogen) atoms. The Bertz CT molecular complexity index is 916. The lowest BCUT2D eigenvalue weighted by Crippen LogP contribution is -2.12. The fourth-order valence-electron chi connectivity index (χ4n) is 2.49. The highest BCUT2D eigenvalue weighted by Gasteiger charge is 2.16. The molecule has 0 fully saturated rings. The van der Waals surface area contributed by atoms with E-state index in [1.165, 1.54) is 23.6 Å². The highest BCUT2D eigenvalue weighted by atomic mass is 32.1. The van der Waals surface area contributed by atoms with Crippen LogP contribution in [0.25, 0.3) is 11.3 Å². The van der Waals surface area contributed by atoms with Crippen LogP contribution >= 0.6 is 11.3 Å². The number of rotatable bonds is 6. The Kier molecular flexibility index (Phi) is 5.41. The maximum atomic E-state index is 13.8. The average Bonchev–Trinajstić information content (AvgIpc) is 3.19. The Morgan fingerprint density at radius 1 is 1.31 bits per heavy atom. The Balaban J connectivity index is 1.62. The zero-order valence-corrected chi connectivity index (χ0v) is 15.1. The van der Waals surface area contributed by atoms with Crippen molar-refractivity contribution in [2.24, 2.45) is 0 Å². The molecule has 2 heterocycles. The van der Waals surface area contributed by atoms with Crippen LogP contribution in [0.4, 0.5) is 13.9 Å². The van der Waals surface area contributed by atoms with Crippen LogP contribution in [0.5, 0.6) is 0 Å². The fraction of sp³-hybridized carbons (Fsp3) is 0.278. The van der Waals surface area contributed by atoms with E-state index in [0.29, 0.717) is 5.13 Å². The zero-order chi connectivity index (χ0) is 18.7. The molecule has 1 N–H and O–H groups in total. The maximum Gasteiger partial charge on any atom is 0.226 e. The summed E-state index contributed by atoms with van der Waals surface area (Å²) >= 11 is 1.43. The van der Waals surface area contributed by atoms with Crippen LogP contribution in [-0.2, 0) is 17.6 Å².